The number of rotatable bonds is 8. The lowest BCUT2D eigenvalue weighted by Gasteiger charge is -2.36. The van der Waals surface area contributed by atoms with Crippen LogP contribution in [0.2, 0.25) is 0 Å². The average molecular weight is 519 g/mol. The van der Waals surface area contributed by atoms with Crippen molar-refractivity contribution >= 4 is 45.5 Å². The number of primary amides is 1. The van der Waals surface area contributed by atoms with E-state index in [-0.39, 0.29) is 0 Å². The number of anilines is 5. The van der Waals surface area contributed by atoms with Crippen LogP contribution in [0.4, 0.5) is 28.7 Å². The monoisotopic (exact) mass is 518 g/mol. The first-order valence-electron chi connectivity index (χ1n) is 13.0. The van der Waals surface area contributed by atoms with E-state index >= 15 is 0 Å². The van der Waals surface area contributed by atoms with E-state index in [0.717, 1.165) is 54.2 Å². The zero-order valence-electron chi connectivity index (χ0n) is 21.5. The molecule has 0 bridgehead atoms. The first-order chi connectivity index (χ1) is 19.1. The summed E-state index contributed by atoms with van der Waals surface area (Å²) in [7, 11) is 0. The van der Waals surface area contributed by atoms with Crippen molar-refractivity contribution in [1.29, 1.82) is 0 Å². The Labute approximate surface area is 226 Å². The van der Waals surface area contributed by atoms with Gasteiger partial charge in [-0.15, -0.1) is 0 Å². The molecule has 5 aromatic rings. The summed E-state index contributed by atoms with van der Waals surface area (Å²) in [5, 5.41) is 7.86. The minimum atomic E-state index is -0.524. The summed E-state index contributed by atoms with van der Waals surface area (Å²) >= 11 is 0. The van der Waals surface area contributed by atoms with Crippen LogP contribution in [0, 0.1) is 0 Å². The lowest BCUT2D eigenvalue weighted by molar-refractivity contribution is 0.100. The van der Waals surface area contributed by atoms with E-state index < -0.39 is 5.91 Å². The predicted molar refractivity (Wildman–Crippen MR) is 157 cm³/mol. The fourth-order valence-electron chi connectivity index (χ4n) is 5.00. The van der Waals surface area contributed by atoms with Crippen molar-refractivity contribution in [2.24, 2.45) is 5.73 Å². The summed E-state index contributed by atoms with van der Waals surface area (Å²) in [5.41, 5.74) is 10.9. The van der Waals surface area contributed by atoms with Crippen molar-refractivity contribution in [1.82, 2.24) is 15.0 Å². The van der Waals surface area contributed by atoms with Gasteiger partial charge in [-0.25, -0.2) is 9.97 Å². The summed E-state index contributed by atoms with van der Waals surface area (Å²) < 4.78 is 0. The number of carbonyl (C=O) groups is 1. The van der Waals surface area contributed by atoms with Gasteiger partial charge in [0.1, 0.15) is 11.6 Å². The van der Waals surface area contributed by atoms with Gasteiger partial charge in [0.2, 0.25) is 0 Å². The molecular formula is C30H30N8O. The normalized spacial score (nSPS) is 13.4. The Hall–Kier alpha value is -5.05. The molecule has 4 heterocycles. The molecule has 1 aliphatic rings. The number of hydrogen-bond donors (Lipinski definition) is 4. The highest BCUT2D eigenvalue weighted by atomic mass is 16.1. The number of fused-ring (bicyclic) bond motifs is 1. The Bertz CT molecular complexity index is 1570. The van der Waals surface area contributed by atoms with Crippen molar-refractivity contribution in [3.8, 4) is 0 Å². The zero-order chi connectivity index (χ0) is 26.6. The topological polar surface area (TPSA) is 115 Å². The fourth-order valence-corrected chi connectivity index (χ4v) is 5.00. The highest BCUT2D eigenvalue weighted by Crippen LogP contribution is 2.26. The van der Waals surface area contributed by atoms with Crippen LogP contribution in [-0.4, -0.2) is 47.0 Å². The van der Waals surface area contributed by atoms with E-state index in [9.17, 15) is 4.79 Å². The van der Waals surface area contributed by atoms with E-state index in [0.29, 0.717) is 23.6 Å². The van der Waals surface area contributed by atoms with Gasteiger partial charge >= 0.3 is 0 Å². The Morgan fingerprint density at radius 3 is 2.51 bits per heavy atom. The van der Waals surface area contributed by atoms with Crippen LogP contribution in [0.3, 0.4) is 0 Å². The lowest BCUT2D eigenvalue weighted by Crippen LogP contribution is -2.46. The van der Waals surface area contributed by atoms with E-state index in [1.807, 2.05) is 60.9 Å². The van der Waals surface area contributed by atoms with Crippen molar-refractivity contribution in [2.45, 2.75) is 6.54 Å². The minimum absolute atomic E-state index is 0.349. The third-order valence-electron chi connectivity index (χ3n) is 7.08. The first kappa shape index (κ1) is 24.3. The number of aromatic amines is 1. The molecule has 0 atom stereocenters. The van der Waals surface area contributed by atoms with E-state index in [2.05, 4.69) is 59.7 Å². The number of nitrogens with one attached hydrogen (secondary N) is 3. The van der Waals surface area contributed by atoms with E-state index in [4.69, 9.17) is 5.73 Å². The third-order valence-corrected chi connectivity index (χ3v) is 7.08. The van der Waals surface area contributed by atoms with Gasteiger partial charge in [0, 0.05) is 79.7 Å². The van der Waals surface area contributed by atoms with E-state index in [1.165, 1.54) is 11.9 Å². The molecule has 9 nitrogen and oxygen atoms in total. The molecule has 0 radical (unpaired) electrons. The Balaban J connectivity index is 1.12. The highest BCUT2D eigenvalue weighted by Gasteiger charge is 2.18. The van der Waals surface area contributed by atoms with Gasteiger partial charge in [0.15, 0.2) is 0 Å². The number of pyridine rings is 2. The number of nitrogens with zero attached hydrogens (tertiary/aromatic N) is 4. The molecule has 39 heavy (non-hydrogen) atoms. The van der Waals surface area contributed by atoms with Gasteiger partial charge in [-0.05, 0) is 54.1 Å². The van der Waals surface area contributed by atoms with Crippen LogP contribution in [-0.2, 0) is 6.54 Å². The van der Waals surface area contributed by atoms with Crippen LogP contribution in [0.15, 0.2) is 91.4 Å². The molecule has 5 N–H and O–H groups in total. The number of amides is 1. The predicted octanol–water partition coefficient (Wildman–Crippen LogP) is 4.74. The molecule has 6 rings (SSSR count). The molecule has 0 aliphatic carbocycles. The Morgan fingerprint density at radius 2 is 1.74 bits per heavy atom. The van der Waals surface area contributed by atoms with Gasteiger partial charge in [-0.1, -0.05) is 18.2 Å². The number of H-pyrrole nitrogens is 1. The van der Waals surface area contributed by atoms with Gasteiger partial charge < -0.3 is 31.2 Å². The molecule has 1 aliphatic heterocycles. The maximum absolute atomic E-state index is 12.1. The maximum Gasteiger partial charge on any atom is 0.252 e. The van der Waals surface area contributed by atoms with Crippen molar-refractivity contribution < 1.29 is 4.79 Å². The van der Waals surface area contributed by atoms with Crippen molar-refractivity contribution in [3.05, 3.63) is 103 Å². The van der Waals surface area contributed by atoms with Gasteiger partial charge in [-0.2, -0.15) is 0 Å². The molecule has 0 spiro atoms. The molecule has 2 aromatic carbocycles. The second-order valence-electron chi connectivity index (χ2n) is 9.52. The van der Waals surface area contributed by atoms with Crippen molar-refractivity contribution in [2.75, 3.05) is 46.6 Å². The number of carbonyl (C=O) groups excluding carboxylic acids is 1. The third kappa shape index (κ3) is 5.33. The summed E-state index contributed by atoms with van der Waals surface area (Å²) in [5.74, 6) is 1.13. The lowest BCUT2D eigenvalue weighted by atomic mass is 10.1. The van der Waals surface area contributed by atoms with Gasteiger partial charge in [0.05, 0.1) is 11.3 Å². The zero-order valence-corrected chi connectivity index (χ0v) is 21.5. The van der Waals surface area contributed by atoms with Crippen LogP contribution in [0.5, 0.6) is 0 Å². The maximum atomic E-state index is 12.1. The summed E-state index contributed by atoms with van der Waals surface area (Å²) in [6, 6.07) is 24.3. The summed E-state index contributed by atoms with van der Waals surface area (Å²) in [4.78, 5) is 28.9. The van der Waals surface area contributed by atoms with Gasteiger partial charge in [-0.3, -0.25) is 4.79 Å². The second kappa shape index (κ2) is 10.7. The molecule has 0 unspecified atom stereocenters. The minimum Gasteiger partial charge on any atom is -0.380 e. The molecule has 1 amide bonds. The van der Waals surface area contributed by atoms with Crippen LogP contribution < -0.4 is 26.2 Å². The van der Waals surface area contributed by atoms with Crippen LogP contribution >= 0.6 is 0 Å². The molecule has 3 aromatic heterocycles. The van der Waals surface area contributed by atoms with Crippen molar-refractivity contribution in [3.63, 3.8) is 0 Å². The standard InChI is InChI=1S/C30H30N8O/c31-30(39)25-20-35-28(18-27(25)34-19-21-4-3-5-26-24(21)11-13-32-26)36-22-7-9-23(10-8-22)37-14-16-38(17-15-37)29-6-1-2-12-33-29/h1-13,18,20,32H,14-17,19H2,(H2,31,39)(H2,34,35,36). The fraction of sp³-hybridized carbons (Fsp3) is 0.167. The second-order valence-corrected chi connectivity index (χ2v) is 9.52. The molecule has 0 saturated carbocycles. The number of nitrogens with two attached hydrogens (primary N) is 1. The first-order valence-corrected chi connectivity index (χ1v) is 13.0. The summed E-state index contributed by atoms with van der Waals surface area (Å²) in [6.45, 7) is 4.28. The van der Waals surface area contributed by atoms with Crippen LogP contribution in [0.1, 0.15) is 15.9 Å². The highest BCUT2D eigenvalue weighted by molar-refractivity contribution is 5.98. The number of piperazine rings is 1. The van der Waals surface area contributed by atoms with Gasteiger partial charge in [0.25, 0.3) is 5.91 Å². The molecule has 196 valence electrons. The quantitative estimate of drug-likeness (QED) is 0.235. The molecule has 1 saturated heterocycles. The van der Waals surface area contributed by atoms with E-state index in [1.54, 1.807) is 0 Å². The molecule has 1 fully saturated rings. The molecular weight excluding hydrogens is 488 g/mol. The summed E-state index contributed by atoms with van der Waals surface area (Å²) in [6.07, 6.45) is 5.27. The number of hydrogen-bond acceptors (Lipinski definition) is 7. The average Bonchev–Trinajstić information content (AvgIpc) is 3.47. The van der Waals surface area contributed by atoms with Crippen LogP contribution in [0.25, 0.3) is 10.9 Å². The number of aromatic nitrogens is 3. The smallest absolute Gasteiger partial charge is 0.252 e. The largest absolute Gasteiger partial charge is 0.380 e. The molecule has 9 heteroatoms. The Kier molecular flexibility index (Phi) is 6.69. The Morgan fingerprint density at radius 1 is 0.923 bits per heavy atom. The number of benzene rings is 2. The SMILES string of the molecule is NC(=O)c1cnc(Nc2ccc(N3CCN(c4ccccn4)CC3)cc2)cc1NCc1cccc2[nH]ccc12.